The fourth-order valence-corrected chi connectivity index (χ4v) is 3.26. The highest BCUT2D eigenvalue weighted by molar-refractivity contribution is 5.58. The molecule has 3 aromatic rings. The Balaban J connectivity index is 1.41. The number of anilines is 4. The van der Waals surface area contributed by atoms with Crippen molar-refractivity contribution in [3.05, 3.63) is 66.4 Å². The lowest BCUT2D eigenvalue weighted by Crippen LogP contribution is -2.47. The number of nitrogens with zero attached hydrogens (tertiary/aromatic N) is 4. The van der Waals surface area contributed by atoms with E-state index < -0.39 is 11.6 Å². The molecule has 0 radical (unpaired) electrons. The number of hydrogen-bond donors (Lipinski definition) is 1. The first-order valence-corrected chi connectivity index (χ1v) is 9.31. The summed E-state index contributed by atoms with van der Waals surface area (Å²) in [5, 5.41) is 2.88. The predicted octanol–water partition coefficient (Wildman–Crippen LogP) is 3.83. The van der Waals surface area contributed by atoms with E-state index >= 15 is 0 Å². The Labute approximate surface area is 167 Å². The molecule has 1 aliphatic heterocycles. The van der Waals surface area contributed by atoms with E-state index in [1.54, 1.807) is 19.4 Å². The SMILES string of the molecule is COc1ccc(N2CCN(c3nccc(Nc4ccc(F)cc4F)n3)CC2)cc1. The second-order valence-corrected chi connectivity index (χ2v) is 6.66. The molecule has 1 aliphatic rings. The molecule has 1 N–H and O–H groups in total. The van der Waals surface area contributed by atoms with Crippen LogP contribution in [-0.4, -0.2) is 43.3 Å². The quantitative estimate of drug-likeness (QED) is 0.706. The molecule has 29 heavy (non-hydrogen) atoms. The van der Waals surface area contributed by atoms with Gasteiger partial charge in [-0.25, -0.2) is 13.8 Å². The van der Waals surface area contributed by atoms with Gasteiger partial charge in [-0.2, -0.15) is 4.98 Å². The van der Waals surface area contributed by atoms with E-state index in [-0.39, 0.29) is 5.69 Å². The summed E-state index contributed by atoms with van der Waals surface area (Å²) in [6, 6.07) is 13.0. The van der Waals surface area contributed by atoms with Crippen molar-refractivity contribution >= 4 is 23.1 Å². The molecular formula is C21H21F2N5O. The van der Waals surface area contributed by atoms with Gasteiger partial charge < -0.3 is 19.9 Å². The first-order chi connectivity index (χ1) is 14.1. The van der Waals surface area contributed by atoms with Crippen LogP contribution in [0, 0.1) is 11.6 Å². The van der Waals surface area contributed by atoms with Crippen molar-refractivity contribution < 1.29 is 13.5 Å². The van der Waals surface area contributed by atoms with Crippen molar-refractivity contribution in [1.82, 2.24) is 9.97 Å². The van der Waals surface area contributed by atoms with Gasteiger partial charge in [-0.05, 0) is 42.5 Å². The number of aromatic nitrogens is 2. The third-order valence-corrected chi connectivity index (χ3v) is 4.84. The second kappa shape index (κ2) is 8.30. The Hall–Kier alpha value is -3.42. The van der Waals surface area contributed by atoms with Crippen LogP contribution in [0.1, 0.15) is 0 Å². The zero-order chi connectivity index (χ0) is 20.2. The van der Waals surface area contributed by atoms with E-state index in [9.17, 15) is 8.78 Å². The van der Waals surface area contributed by atoms with Crippen LogP contribution in [0.3, 0.4) is 0 Å². The number of hydrogen-bond acceptors (Lipinski definition) is 6. The maximum atomic E-state index is 13.9. The molecule has 1 saturated heterocycles. The fraction of sp³-hybridized carbons (Fsp3) is 0.238. The molecule has 0 saturated carbocycles. The van der Waals surface area contributed by atoms with Crippen molar-refractivity contribution in [3.8, 4) is 5.75 Å². The molecule has 0 aliphatic carbocycles. The lowest BCUT2D eigenvalue weighted by molar-refractivity contribution is 0.415. The number of ether oxygens (including phenoxy) is 1. The van der Waals surface area contributed by atoms with Crippen molar-refractivity contribution in [2.75, 3.05) is 48.4 Å². The molecule has 0 unspecified atom stereocenters. The molecular weight excluding hydrogens is 376 g/mol. The number of piperazine rings is 1. The summed E-state index contributed by atoms with van der Waals surface area (Å²) in [5.74, 6) is 0.581. The van der Waals surface area contributed by atoms with Gasteiger partial charge in [0.1, 0.15) is 23.2 Å². The van der Waals surface area contributed by atoms with Crippen LogP contribution >= 0.6 is 0 Å². The van der Waals surface area contributed by atoms with E-state index in [1.807, 2.05) is 24.3 Å². The third kappa shape index (κ3) is 4.37. The zero-order valence-electron chi connectivity index (χ0n) is 16.0. The topological polar surface area (TPSA) is 53.5 Å². The first kappa shape index (κ1) is 18.9. The monoisotopic (exact) mass is 397 g/mol. The average Bonchev–Trinajstić information content (AvgIpc) is 2.76. The van der Waals surface area contributed by atoms with Gasteiger partial charge in [0, 0.05) is 44.1 Å². The van der Waals surface area contributed by atoms with Crippen LogP contribution in [0.2, 0.25) is 0 Å². The summed E-state index contributed by atoms with van der Waals surface area (Å²) in [7, 11) is 1.65. The predicted molar refractivity (Wildman–Crippen MR) is 109 cm³/mol. The molecule has 8 heteroatoms. The normalized spacial score (nSPS) is 14.0. The van der Waals surface area contributed by atoms with E-state index in [2.05, 4.69) is 25.1 Å². The van der Waals surface area contributed by atoms with Gasteiger partial charge in [0.05, 0.1) is 12.8 Å². The molecule has 0 bridgehead atoms. The summed E-state index contributed by atoms with van der Waals surface area (Å²) in [6.07, 6.45) is 1.63. The van der Waals surface area contributed by atoms with Crippen molar-refractivity contribution in [3.63, 3.8) is 0 Å². The van der Waals surface area contributed by atoms with Crippen LogP contribution in [0.5, 0.6) is 5.75 Å². The highest BCUT2D eigenvalue weighted by atomic mass is 19.1. The van der Waals surface area contributed by atoms with Crippen LogP contribution in [0.15, 0.2) is 54.7 Å². The Bertz CT molecular complexity index is 975. The third-order valence-electron chi connectivity index (χ3n) is 4.84. The van der Waals surface area contributed by atoms with Gasteiger partial charge >= 0.3 is 0 Å². The van der Waals surface area contributed by atoms with E-state index in [0.717, 1.165) is 43.7 Å². The Morgan fingerprint density at radius 1 is 0.931 bits per heavy atom. The maximum absolute atomic E-state index is 13.9. The summed E-state index contributed by atoms with van der Waals surface area (Å²) in [4.78, 5) is 13.2. The second-order valence-electron chi connectivity index (χ2n) is 6.66. The van der Waals surface area contributed by atoms with Gasteiger partial charge in [-0.15, -0.1) is 0 Å². The molecule has 1 aromatic heterocycles. The van der Waals surface area contributed by atoms with Crippen LogP contribution in [-0.2, 0) is 0 Å². The lowest BCUT2D eigenvalue weighted by atomic mass is 10.2. The average molecular weight is 397 g/mol. The van der Waals surface area contributed by atoms with Gasteiger partial charge in [0.15, 0.2) is 0 Å². The van der Waals surface area contributed by atoms with Gasteiger partial charge in [0.25, 0.3) is 0 Å². The fourth-order valence-electron chi connectivity index (χ4n) is 3.26. The van der Waals surface area contributed by atoms with Crippen LogP contribution in [0.4, 0.5) is 31.9 Å². The minimum atomic E-state index is -0.668. The number of methoxy groups -OCH3 is 1. The number of benzene rings is 2. The lowest BCUT2D eigenvalue weighted by Gasteiger charge is -2.36. The smallest absolute Gasteiger partial charge is 0.227 e. The molecule has 4 rings (SSSR count). The molecule has 0 spiro atoms. The minimum absolute atomic E-state index is 0.167. The van der Waals surface area contributed by atoms with Crippen LogP contribution < -0.4 is 19.9 Å². The summed E-state index contributed by atoms with van der Waals surface area (Å²) in [5.41, 5.74) is 1.31. The van der Waals surface area contributed by atoms with Crippen molar-refractivity contribution in [1.29, 1.82) is 0 Å². The van der Waals surface area contributed by atoms with Crippen LogP contribution in [0.25, 0.3) is 0 Å². The van der Waals surface area contributed by atoms with Crippen molar-refractivity contribution in [2.45, 2.75) is 0 Å². The molecule has 0 amide bonds. The van der Waals surface area contributed by atoms with Crippen molar-refractivity contribution in [2.24, 2.45) is 0 Å². The van der Waals surface area contributed by atoms with Gasteiger partial charge in [-0.1, -0.05) is 0 Å². The Morgan fingerprint density at radius 3 is 2.34 bits per heavy atom. The van der Waals surface area contributed by atoms with E-state index in [4.69, 9.17) is 4.74 Å². The molecule has 150 valence electrons. The van der Waals surface area contributed by atoms with E-state index in [0.29, 0.717) is 11.8 Å². The number of rotatable bonds is 5. The molecule has 1 fully saturated rings. The zero-order valence-corrected chi connectivity index (χ0v) is 16.0. The molecule has 0 atom stereocenters. The van der Waals surface area contributed by atoms with Gasteiger partial charge in [-0.3, -0.25) is 0 Å². The number of nitrogens with one attached hydrogen (secondary N) is 1. The minimum Gasteiger partial charge on any atom is -0.497 e. The highest BCUT2D eigenvalue weighted by Crippen LogP contribution is 2.23. The summed E-state index contributed by atoms with van der Waals surface area (Å²) < 4.78 is 32.2. The Kier molecular flexibility index (Phi) is 5.41. The molecule has 2 aromatic carbocycles. The molecule has 2 heterocycles. The van der Waals surface area contributed by atoms with E-state index in [1.165, 1.54) is 12.1 Å². The first-order valence-electron chi connectivity index (χ1n) is 9.31. The highest BCUT2D eigenvalue weighted by Gasteiger charge is 2.19. The summed E-state index contributed by atoms with van der Waals surface area (Å²) >= 11 is 0. The molecule has 6 nitrogen and oxygen atoms in total. The number of halogens is 2. The Morgan fingerprint density at radius 2 is 1.66 bits per heavy atom. The standard InChI is InChI=1S/C21H21F2N5O/c1-29-17-5-3-16(4-6-17)27-10-12-28(13-11-27)21-24-9-8-20(26-21)25-19-7-2-15(22)14-18(19)23/h2-9,14H,10-13H2,1H3,(H,24,25,26). The maximum Gasteiger partial charge on any atom is 0.227 e. The van der Waals surface area contributed by atoms with Gasteiger partial charge in [0.2, 0.25) is 5.95 Å². The largest absolute Gasteiger partial charge is 0.497 e. The summed E-state index contributed by atoms with van der Waals surface area (Å²) in [6.45, 7) is 3.20.